The van der Waals surface area contributed by atoms with E-state index in [1.807, 2.05) is 19.9 Å². The van der Waals surface area contributed by atoms with Crippen LogP contribution in [0.25, 0.3) is 0 Å². The Balaban J connectivity index is 1.95. The second-order valence-electron chi connectivity index (χ2n) is 6.29. The number of carbonyl (C=O) groups is 1. The summed E-state index contributed by atoms with van der Waals surface area (Å²) < 4.78 is 33.2. The van der Waals surface area contributed by atoms with E-state index in [-0.39, 0.29) is 22.7 Å². The summed E-state index contributed by atoms with van der Waals surface area (Å²) in [6, 6.07) is 4.55. The summed E-state index contributed by atoms with van der Waals surface area (Å²) in [7, 11) is -2.06. The molecular formula is C16H22N2O4S2. The zero-order chi connectivity index (χ0) is 17.5. The number of hydrogen-bond acceptors (Lipinski definition) is 5. The number of sulfonamides is 1. The van der Waals surface area contributed by atoms with Crippen molar-refractivity contribution in [3.8, 4) is 5.75 Å². The minimum absolute atomic E-state index is 0.0250. The first kappa shape index (κ1) is 17.6. The molecule has 0 bridgehead atoms. The molecule has 2 heterocycles. The first-order chi connectivity index (χ1) is 11.3. The lowest BCUT2D eigenvalue weighted by Crippen LogP contribution is -2.49. The fraction of sp³-hybridized carbons (Fsp3) is 0.562. The van der Waals surface area contributed by atoms with Gasteiger partial charge in [0.25, 0.3) is 0 Å². The molecule has 1 amide bonds. The number of para-hydroxylation sites is 1. The number of ether oxygens (including phenoxy) is 1. The molecule has 6 nitrogen and oxygen atoms in total. The molecule has 2 aliphatic heterocycles. The number of nitrogens with zero attached hydrogens (tertiary/aromatic N) is 2. The van der Waals surface area contributed by atoms with E-state index in [4.69, 9.17) is 4.74 Å². The Bertz CT molecular complexity index is 748. The SMILES string of the molecule is CC(C)N(C)C(=O)C1CSCN1S(=O)(=O)c1cccc2c1OCC2. The Labute approximate surface area is 147 Å². The standard InChI is InChI=1S/C16H22N2O4S2/c1-11(2)17(3)16(19)13-9-23-10-18(13)24(20,21)14-6-4-5-12-7-8-22-15(12)14/h4-6,11,13H,7-10H2,1-3H3. The van der Waals surface area contributed by atoms with Crippen LogP contribution in [-0.2, 0) is 21.2 Å². The molecule has 1 aromatic carbocycles. The summed E-state index contributed by atoms with van der Waals surface area (Å²) in [5.41, 5.74) is 0.908. The first-order valence-electron chi connectivity index (χ1n) is 7.95. The van der Waals surface area contributed by atoms with Gasteiger partial charge in [-0.2, -0.15) is 4.31 Å². The average molecular weight is 370 g/mol. The van der Waals surface area contributed by atoms with Crippen molar-refractivity contribution in [1.82, 2.24) is 9.21 Å². The molecular weight excluding hydrogens is 348 g/mol. The molecule has 1 saturated heterocycles. The van der Waals surface area contributed by atoms with Crippen LogP contribution < -0.4 is 4.74 Å². The molecule has 8 heteroatoms. The number of hydrogen-bond donors (Lipinski definition) is 0. The summed E-state index contributed by atoms with van der Waals surface area (Å²) in [5.74, 6) is 1.05. The second kappa shape index (κ2) is 6.57. The smallest absolute Gasteiger partial charge is 0.248 e. The average Bonchev–Trinajstić information content (AvgIpc) is 3.21. The van der Waals surface area contributed by atoms with Gasteiger partial charge in [-0.3, -0.25) is 4.79 Å². The van der Waals surface area contributed by atoms with Crippen molar-refractivity contribution in [2.24, 2.45) is 0 Å². The molecule has 0 saturated carbocycles. The maximum absolute atomic E-state index is 13.2. The molecule has 1 atom stereocenters. The van der Waals surface area contributed by atoms with Gasteiger partial charge in [0.15, 0.2) is 0 Å². The van der Waals surface area contributed by atoms with E-state index >= 15 is 0 Å². The van der Waals surface area contributed by atoms with Gasteiger partial charge in [-0.1, -0.05) is 12.1 Å². The van der Waals surface area contributed by atoms with Gasteiger partial charge in [0.05, 0.1) is 12.5 Å². The minimum atomic E-state index is -3.78. The highest BCUT2D eigenvalue weighted by Crippen LogP contribution is 2.37. The van der Waals surface area contributed by atoms with E-state index < -0.39 is 16.1 Å². The molecule has 0 aromatic heterocycles. The van der Waals surface area contributed by atoms with Crippen molar-refractivity contribution in [2.45, 2.75) is 37.2 Å². The quantitative estimate of drug-likeness (QED) is 0.805. The summed E-state index contributed by atoms with van der Waals surface area (Å²) in [6.45, 7) is 4.32. The molecule has 1 fully saturated rings. The fourth-order valence-corrected chi connectivity index (χ4v) is 6.17. The summed E-state index contributed by atoms with van der Waals surface area (Å²) >= 11 is 1.46. The van der Waals surface area contributed by atoms with Gasteiger partial charge < -0.3 is 9.64 Å². The van der Waals surface area contributed by atoms with Crippen LogP contribution >= 0.6 is 11.8 Å². The largest absolute Gasteiger partial charge is 0.492 e. The van der Waals surface area contributed by atoms with Crippen molar-refractivity contribution in [3.05, 3.63) is 23.8 Å². The van der Waals surface area contributed by atoms with Crippen LogP contribution in [0.3, 0.4) is 0 Å². The van der Waals surface area contributed by atoms with Gasteiger partial charge >= 0.3 is 0 Å². The van der Waals surface area contributed by atoms with Gasteiger partial charge in [-0.05, 0) is 25.5 Å². The molecule has 0 spiro atoms. The molecule has 1 unspecified atom stereocenters. The zero-order valence-corrected chi connectivity index (χ0v) is 15.7. The third-order valence-electron chi connectivity index (χ3n) is 4.51. The molecule has 132 valence electrons. The Morgan fingerprint density at radius 1 is 1.42 bits per heavy atom. The number of thioether (sulfide) groups is 1. The highest BCUT2D eigenvalue weighted by molar-refractivity contribution is 8.00. The van der Waals surface area contributed by atoms with E-state index in [1.165, 1.54) is 16.1 Å². The number of carbonyl (C=O) groups excluding carboxylic acids is 1. The number of benzene rings is 1. The van der Waals surface area contributed by atoms with E-state index in [0.29, 0.717) is 24.5 Å². The molecule has 0 radical (unpaired) electrons. The normalized spacial score (nSPS) is 20.9. The van der Waals surface area contributed by atoms with Crippen molar-refractivity contribution in [1.29, 1.82) is 0 Å². The highest BCUT2D eigenvalue weighted by atomic mass is 32.2. The monoisotopic (exact) mass is 370 g/mol. The molecule has 0 aliphatic carbocycles. The van der Waals surface area contributed by atoms with Crippen LogP contribution in [0, 0.1) is 0 Å². The van der Waals surface area contributed by atoms with Gasteiger partial charge in [0.1, 0.15) is 16.7 Å². The number of fused-ring (bicyclic) bond motifs is 1. The zero-order valence-electron chi connectivity index (χ0n) is 14.1. The highest BCUT2D eigenvalue weighted by Gasteiger charge is 2.43. The number of likely N-dealkylation sites (N-methyl/N-ethyl adjacent to an activating group) is 1. The van der Waals surface area contributed by atoms with Crippen LogP contribution in [0.1, 0.15) is 19.4 Å². The summed E-state index contributed by atoms with van der Waals surface area (Å²) in [4.78, 5) is 14.5. The maximum atomic E-state index is 13.2. The van der Waals surface area contributed by atoms with E-state index in [1.54, 1.807) is 24.1 Å². The predicted molar refractivity (Wildman–Crippen MR) is 93.7 cm³/mol. The summed E-state index contributed by atoms with van der Waals surface area (Å²) in [6.07, 6.45) is 0.714. The minimum Gasteiger partial charge on any atom is -0.492 e. The lowest BCUT2D eigenvalue weighted by Gasteiger charge is -2.29. The molecule has 24 heavy (non-hydrogen) atoms. The van der Waals surface area contributed by atoms with Gasteiger partial charge in [0, 0.05) is 25.3 Å². The third kappa shape index (κ3) is 2.91. The second-order valence-corrected chi connectivity index (χ2v) is 9.15. The fourth-order valence-electron chi connectivity index (χ4n) is 2.86. The number of rotatable bonds is 4. The van der Waals surface area contributed by atoms with Gasteiger partial charge in [-0.15, -0.1) is 11.8 Å². The van der Waals surface area contributed by atoms with Gasteiger partial charge in [-0.25, -0.2) is 8.42 Å². The van der Waals surface area contributed by atoms with E-state index in [2.05, 4.69) is 0 Å². The third-order valence-corrected chi connectivity index (χ3v) is 7.57. The van der Waals surface area contributed by atoms with Crippen LogP contribution in [0.2, 0.25) is 0 Å². The maximum Gasteiger partial charge on any atom is 0.248 e. The Kier molecular flexibility index (Phi) is 4.81. The molecule has 0 N–H and O–H groups in total. The van der Waals surface area contributed by atoms with Crippen LogP contribution in [0.4, 0.5) is 0 Å². The molecule has 3 rings (SSSR count). The molecule has 2 aliphatic rings. The predicted octanol–water partition coefficient (Wildman–Crippen LogP) is 1.55. The van der Waals surface area contributed by atoms with Crippen molar-refractivity contribution in [2.75, 3.05) is 25.3 Å². The van der Waals surface area contributed by atoms with Crippen LogP contribution in [0.5, 0.6) is 5.75 Å². The van der Waals surface area contributed by atoms with E-state index in [0.717, 1.165) is 5.56 Å². The van der Waals surface area contributed by atoms with Crippen LogP contribution in [0.15, 0.2) is 23.1 Å². The Hall–Kier alpha value is -1.25. The van der Waals surface area contributed by atoms with Gasteiger partial charge in [0.2, 0.25) is 15.9 Å². The lowest BCUT2D eigenvalue weighted by molar-refractivity contribution is -0.134. The lowest BCUT2D eigenvalue weighted by atomic mass is 10.2. The number of amides is 1. The Morgan fingerprint density at radius 3 is 2.88 bits per heavy atom. The topological polar surface area (TPSA) is 66.9 Å². The van der Waals surface area contributed by atoms with Crippen molar-refractivity contribution in [3.63, 3.8) is 0 Å². The Morgan fingerprint density at radius 2 is 2.17 bits per heavy atom. The van der Waals surface area contributed by atoms with Crippen molar-refractivity contribution >= 4 is 27.7 Å². The van der Waals surface area contributed by atoms with Crippen LogP contribution in [-0.4, -0.2) is 60.9 Å². The van der Waals surface area contributed by atoms with Crippen molar-refractivity contribution < 1.29 is 17.9 Å². The van der Waals surface area contributed by atoms with E-state index in [9.17, 15) is 13.2 Å². The first-order valence-corrected chi connectivity index (χ1v) is 10.5. The summed E-state index contributed by atoms with van der Waals surface area (Å²) in [5, 5.41) is 0. The molecule has 1 aromatic rings.